The molecule has 0 saturated carbocycles. The van der Waals surface area contributed by atoms with E-state index in [0.717, 1.165) is 5.56 Å². The van der Waals surface area contributed by atoms with E-state index in [2.05, 4.69) is 5.32 Å². The van der Waals surface area contributed by atoms with Crippen molar-refractivity contribution in [3.63, 3.8) is 0 Å². The summed E-state index contributed by atoms with van der Waals surface area (Å²) in [6, 6.07) is 6.52. The Bertz CT molecular complexity index is 428. The lowest BCUT2D eigenvalue weighted by Crippen LogP contribution is -2.15. The van der Waals surface area contributed by atoms with Crippen molar-refractivity contribution >= 4 is 23.4 Å². The zero-order valence-corrected chi connectivity index (χ0v) is 9.60. The van der Waals surface area contributed by atoms with Crippen LogP contribution in [-0.2, 0) is 4.79 Å². The highest BCUT2D eigenvalue weighted by molar-refractivity contribution is 8.00. The van der Waals surface area contributed by atoms with E-state index in [0.29, 0.717) is 0 Å². The highest BCUT2D eigenvalue weighted by Crippen LogP contribution is 2.15. The number of carbonyl (C=O) groups excluding carboxylic acids is 1. The van der Waals surface area contributed by atoms with E-state index < -0.39 is 5.82 Å². The lowest BCUT2D eigenvalue weighted by molar-refractivity contribution is -0.113. The molecule has 5 heteroatoms. The maximum Gasteiger partial charge on any atom is 0.234 e. The molecule has 16 heavy (non-hydrogen) atoms. The minimum absolute atomic E-state index is 0.154. The van der Waals surface area contributed by atoms with E-state index in [-0.39, 0.29) is 23.1 Å². The summed E-state index contributed by atoms with van der Waals surface area (Å²) in [5.74, 6) is -0.341. The van der Waals surface area contributed by atoms with Crippen molar-refractivity contribution in [2.45, 2.75) is 6.92 Å². The number of benzene rings is 1. The Labute approximate surface area is 97.6 Å². The van der Waals surface area contributed by atoms with Crippen LogP contribution in [0.1, 0.15) is 5.56 Å². The number of hydrogen-bond donors (Lipinski definition) is 1. The predicted octanol–water partition coefficient (Wildman–Crippen LogP) is 2.33. The molecule has 84 valence electrons. The van der Waals surface area contributed by atoms with Crippen LogP contribution in [0.15, 0.2) is 18.2 Å². The summed E-state index contributed by atoms with van der Waals surface area (Å²) in [4.78, 5) is 11.3. The molecule has 1 amide bonds. The fourth-order valence-corrected chi connectivity index (χ4v) is 1.55. The van der Waals surface area contributed by atoms with Gasteiger partial charge >= 0.3 is 0 Å². The summed E-state index contributed by atoms with van der Waals surface area (Å²) in [7, 11) is 0. The van der Waals surface area contributed by atoms with Crippen LogP contribution in [0.25, 0.3) is 0 Å². The molecule has 0 aliphatic rings. The SMILES string of the molecule is Cc1ccc(NC(=O)CSCC#N)c(F)c1. The van der Waals surface area contributed by atoms with Crippen LogP contribution >= 0.6 is 11.8 Å². The van der Waals surface area contributed by atoms with Gasteiger partial charge in [0.25, 0.3) is 0 Å². The molecule has 1 aromatic carbocycles. The Balaban J connectivity index is 2.53. The van der Waals surface area contributed by atoms with Crippen molar-refractivity contribution in [3.8, 4) is 6.07 Å². The van der Waals surface area contributed by atoms with Crippen LogP contribution in [-0.4, -0.2) is 17.4 Å². The first kappa shape index (κ1) is 12.5. The van der Waals surface area contributed by atoms with Gasteiger partial charge in [-0.2, -0.15) is 5.26 Å². The van der Waals surface area contributed by atoms with E-state index in [9.17, 15) is 9.18 Å². The number of anilines is 1. The van der Waals surface area contributed by atoms with Crippen molar-refractivity contribution in [1.29, 1.82) is 5.26 Å². The van der Waals surface area contributed by atoms with Gasteiger partial charge in [0, 0.05) is 0 Å². The highest BCUT2D eigenvalue weighted by Gasteiger charge is 2.06. The summed E-state index contributed by atoms with van der Waals surface area (Å²) in [5, 5.41) is 10.7. The number of hydrogen-bond acceptors (Lipinski definition) is 3. The first-order valence-electron chi connectivity index (χ1n) is 4.64. The van der Waals surface area contributed by atoms with Crippen LogP contribution < -0.4 is 5.32 Å². The van der Waals surface area contributed by atoms with Crippen molar-refractivity contribution in [1.82, 2.24) is 0 Å². The highest BCUT2D eigenvalue weighted by atomic mass is 32.2. The summed E-state index contributed by atoms with van der Waals surface area (Å²) in [6.45, 7) is 1.78. The second-order valence-corrected chi connectivity index (χ2v) is 4.17. The molecular formula is C11H11FN2OS. The molecule has 1 N–H and O–H groups in total. The Kier molecular flexibility index (Phi) is 4.80. The van der Waals surface area contributed by atoms with E-state index in [1.54, 1.807) is 13.0 Å². The van der Waals surface area contributed by atoms with Crippen molar-refractivity contribution < 1.29 is 9.18 Å². The fraction of sp³-hybridized carbons (Fsp3) is 0.273. The molecule has 0 heterocycles. The third-order valence-electron chi connectivity index (χ3n) is 1.80. The average molecular weight is 238 g/mol. The van der Waals surface area contributed by atoms with Gasteiger partial charge in [-0.15, -0.1) is 11.8 Å². The number of amides is 1. The van der Waals surface area contributed by atoms with Gasteiger partial charge in [-0.1, -0.05) is 6.07 Å². The minimum Gasteiger partial charge on any atom is -0.323 e. The molecule has 1 rings (SSSR count). The van der Waals surface area contributed by atoms with Crippen molar-refractivity contribution in [2.24, 2.45) is 0 Å². The van der Waals surface area contributed by atoms with Gasteiger partial charge in [-0.25, -0.2) is 4.39 Å². The molecule has 0 bridgehead atoms. The number of halogens is 1. The molecule has 0 atom stereocenters. The molecule has 3 nitrogen and oxygen atoms in total. The maximum absolute atomic E-state index is 13.3. The van der Waals surface area contributed by atoms with E-state index in [4.69, 9.17) is 5.26 Å². The first-order chi connectivity index (χ1) is 7.63. The van der Waals surface area contributed by atoms with E-state index in [1.165, 1.54) is 23.9 Å². The van der Waals surface area contributed by atoms with E-state index in [1.807, 2.05) is 6.07 Å². The number of thioether (sulfide) groups is 1. The van der Waals surface area contributed by atoms with Gasteiger partial charge in [-0.05, 0) is 24.6 Å². The number of aryl methyl sites for hydroxylation is 1. The summed E-state index contributed by atoms with van der Waals surface area (Å²) in [6.07, 6.45) is 0. The lowest BCUT2D eigenvalue weighted by atomic mass is 10.2. The number of nitrogens with one attached hydrogen (secondary N) is 1. The normalized spacial score (nSPS) is 9.56. The van der Waals surface area contributed by atoms with Gasteiger partial charge in [-0.3, -0.25) is 4.79 Å². The molecule has 0 fully saturated rings. The molecule has 0 saturated heterocycles. The number of nitrogens with zero attached hydrogens (tertiary/aromatic N) is 1. The average Bonchev–Trinajstić information content (AvgIpc) is 2.23. The Morgan fingerprint density at radius 1 is 1.62 bits per heavy atom. The zero-order chi connectivity index (χ0) is 12.0. The molecule has 0 spiro atoms. The molecular weight excluding hydrogens is 227 g/mol. The Hall–Kier alpha value is -1.54. The summed E-state index contributed by atoms with van der Waals surface area (Å²) < 4.78 is 13.3. The topological polar surface area (TPSA) is 52.9 Å². The molecule has 0 aliphatic heterocycles. The molecule has 0 aliphatic carbocycles. The number of nitriles is 1. The molecule has 1 aromatic rings. The smallest absolute Gasteiger partial charge is 0.234 e. The van der Waals surface area contributed by atoms with Crippen LogP contribution in [0.3, 0.4) is 0 Å². The lowest BCUT2D eigenvalue weighted by Gasteiger charge is -2.05. The van der Waals surface area contributed by atoms with Gasteiger partial charge in [0.2, 0.25) is 5.91 Å². The Morgan fingerprint density at radius 3 is 3.00 bits per heavy atom. The largest absolute Gasteiger partial charge is 0.323 e. The second kappa shape index (κ2) is 6.13. The monoisotopic (exact) mass is 238 g/mol. The number of rotatable bonds is 4. The summed E-state index contributed by atoms with van der Waals surface area (Å²) >= 11 is 1.19. The standard InChI is InChI=1S/C11H11FN2OS/c1-8-2-3-10(9(12)6-8)14-11(15)7-16-5-4-13/h2-3,6H,5,7H2,1H3,(H,14,15). The van der Waals surface area contributed by atoms with Crippen molar-refractivity contribution in [2.75, 3.05) is 16.8 Å². The van der Waals surface area contributed by atoms with Crippen LogP contribution in [0.5, 0.6) is 0 Å². The van der Waals surface area contributed by atoms with Crippen LogP contribution in [0.2, 0.25) is 0 Å². The van der Waals surface area contributed by atoms with E-state index >= 15 is 0 Å². The third-order valence-corrected chi connectivity index (χ3v) is 2.60. The van der Waals surface area contributed by atoms with Crippen LogP contribution in [0, 0.1) is 24.1 Å². The summed E-state index contributed by atoms with van der Waals surface area (Å²) in [5.41, 5.74) is 0.975. The second-order valence-electron chi connectivity index (χ2n) is 3.18. The molecule has 0 unspecified atom stereocenters. The number of carbonyl (C=O) groups is 1. The predicted molar refractivity (Wildman–Crippen MR) is 62.7 cm³/mol. The molecule has 0 aromatic heterocycles. The maximum atomic E-state index is 13.3. The third kappa shape index (κ3) is 3.91. The van der Waals surface area contributed by atoms with Crippen molar-refractivity contribution in [3.05, 3.63) is 29.6 Å². The van der Waals surface area contributed by atoms with Gasteiger partial charge in [0.15, 0.2) is 0 Å². The first-order valence-corrected chi connectivity index (χ1v) is 5.79. The van der Waals surface area contributed by atoms with Gasteiger partial charge < -0.3 is 5.32 Å². The quantitative estimate of drug-likeness (QED) is 0.819. The van der Waals surface area contributed by atoms with Crippen LogP contribution in [0.4, 0.5) is 10.1 Å². The Morgan fingerprint density at radius 2 is 2.38 bits per heavy atom. The molecule has 0 radical (unpaired) electrons. The van der Waals surface area contributed by atoms with Gasteiger partial charge in [0.05, 0.1) is 23.3 Å². The fourth-order valence-electron chi connectivity index (χ4n) is 1.10. The van der Waals surface area contributed by atoms with Gasteiger partial charge in [0.1, 0.15) is 5.82 Å². The zero-order valence-electron chi connectivity index (χ0n) is 8.79. The minimum atomic E-state index is -0.446.